The van der Waals surface area contributed by atoms with E-state index in [-0.39, 0.29) is 0 Å². The third-order valence-electron chi connectivity index (χ3n) is 2.70. The highest BCUT2D eigenvalue weighted by molar-refractivity contribution is 7.07. The fourth-order valence-corrected chi connectivity index (χ4v) is 2.41. The van der Waals surface area contributed by atoms with E-state index in [9.17, 15) is 0 Å². The first kappa shape index (κ1) is 13.5. The minimum atomic E-state index is 0.485. The van der Waals surface area contributed by atoms with Gasteiger partial charge >= 0.3 is 0 Å². The SMILES string of the molecule is CCNc1nc(NCc2ccsc2)nc(-n2cccn2)n1. The summed E-state index contributed by atoms with van der Waals surface area (Å²) in [5.74, 6) is 1.54. The molecule has 0 atom stereocenters. The number of rotatable bonds is 6. The van der Waals surface area contributed by atoms with E-state index in [1.165, 1.54) is 5.56 Å². The van der Waals surface area contributed by atoms with E-state index in [2.05, 4.69) is 42.1 Å². The number of anilines is 2. The van der Waals surface area contributed by atoms with Crippen LogP contribution in [0.1, 0.15) is 12.5 Å². The number of aromatic nitrogens is 5. The van der Waals surface area contributed by atoms with E-state index in [0.29, 0.717) is 24.4 Å². The Morgan fingerprint density at radius 2 is 2.05 bits per heavy atom. The van der Waals surface area contributed by atoms with Gasteiger partial charge in [0.2, 0.25) is 11.9 Å². The average Bonchev–Trinajstić information content (AvgIpc) is 3.19. The van der Waals surface area contributed by atoms with Crippen molar-refractivity contribution in [3.8, 4) is 5.95 Å². The average molecular weight is 301 g/mol. The van der Waals surface area contributed by atoms with Crippen LogP contribution in [0.15, 0.2) is 35.3 Å². The van der Waals surface area contributed by atoms with Crippen LogP contribution in [-0.4, -0.2) is 31.3 Å². The lowest BCUT2D eigenvalue weighted by molar-refractivity contribution is 0.795. The van der Waals surface area contributed by atoms with Gasteiger partial charge < -0.3 is 10.6 Å². The third kappa shape index (κ3) is 3.34. The first-order chi connectivity index (χ1) is 10.3. The zero-order valence-electron chi connectivity index (χ0n) is 11.5. The molecule has 0 amide bonds. The molecule has 0 aliphatic rings. The van der Waals surface area contributed by atoms with Crippen LogP contribution >= 0.6 is 11.3 Å². The molecule has 2 N–H and O–H groups in total. The molecule has 0 aromatic carbocycles. The highest BCUT2D eigenvalue weighted by Crippen LogP contribution is 2.11. The van der Waals surface area contributed by atoms with Crippen LogP contribution in [0.25, 0.3) is 5.95 Å². The lowest BCUT2D eigenvalue weighted by Crippen LogP contribution is -2.12. The van der Waals surface area contributed by atoms with E-state index < -0.39 is 0 Å². The molecule has 3 aromatic heterocycles. The molecular formula is C13H15N7S. The molecule has 0 saturated carbocycles. The Labute approximate surface area is 126 Å². The summed E-state index contributed by atoms with van der Waals surface area (Å²) in [6.45, 7) is 3.42. The van der Waals surface area contributed by atoms with E-state index in [1.807, 2.05) is 18.4 Å². The number of nitrogens with zero attached hydrogens (tertiary/aromatic N) is 5. The van der Waals surface area contributed by atoms with Crippen molar-refractivity contribution in [2.75, 3.05) is 17.2 Å². The Kier molecular flexibility index (Phi) is 4.06. The molecule has 0 saturated heterocycles. The fourth-order valence-electron chi connectivity index (χ4n) is 1.74. The molecular weight excluding hydrogens is 286 g/mol. The summed E-state index contributed by atoms with van der Waals surface area (Å²) in [5.41, 5.74) is 1.20. The van der Waals surface area contributed by atoms with Gasteiger partial charge in [-0.15, -0.1) is 0 Å². The smallest absolute Gasteiger partial charge is 0.257 e. The van der Waals surface area contributed by atoms with Crippen molar-refractivity contribution in [1.82, 2.24) is 24.7 Å². The summed E-state index contributed by atoms with van der Waals surface area (Å²) in [7, 11) is 0. The second-order valence-electron chi connectivity index (χ2n) is 4.25. The minimum absolute atomic E-state index is 0.485. The third-order valence-corrected chi connectivity index (χ3v) is 3.43. The number of nitrogens with one attached hydrogen (secondary N) is 2. The highest BCUT2D eigenvalue weighted by atomic mass is 32.1. The Hall–Kier alpha value is -2.48. The van der Waals surface area contributed by atoms with E-state index >= 15 is 0 Å². The van der Waals surface area contributed by atoms with E-state index in [1.54, 1.807) is 28.4 Å². The van der Waals surface area contributed by atoms with Crippen LogP contribution < -0.4 is 10.6 Å². The molecule has 0 fully saturated rings. The van der Waals surface area contributed by atoms with Crippen molar-refractivity contribution in [3.05, 3.63) is 40.8 Å². The van der Waals surface area contributed by atoms with Gasteiger partial charge in [-0.2, -0.15) is 31.4 Å². The molecule has 0 aliphatic heterocycles. The zero-order chi connectivity index (χ0) is 14.5. The number of hydrogen-bond acceptors (Lipinski definition) is 7. The summed E-state index contributed by atoms with van der Waals surface area (Å²) < 4.78 is 1.61. The molecule has 21 heavy (non-hydrogen) atoms. The Morgan fingerprint density at radius 1 is 1.19 bits per heavy atom. The van der Waals surface area contributed by atoms with Gasteiger partial charge in [0, 0.05) is 25.5 Å². The summed E-state index contributed by atoms with van der Waals surface area (Å²) in [6.07, 6.45) is 3.49. The topological polar surface area (TPSA) is 80.5 Å². The van der Waals surface area contributed by atoms with Gasteiger partial charge in [0.05, 0.1) is 0 Å². The molecule has 7 nitrogen and oxygen atoms in total. The van der Waals surface area contributed by atoms with Crippen LogP contribution in [0.5, 0.6) is 0 Å². The van der Waals surface area contributed by atoms with Crippen molar-refractivity contribution in [3.63, 3.8) is 0 Å². The summed E-state index contributed by atoms with van der Waals surface area (Å²) >= 11 is 1.67. The minimum Gasteiger partial charge on any atom is -0.354 e. The van der Waals surface area contributed by atoms with Crippen LogP contribution in [0.4, 0.5) is 11.9 Å². The van der Waals surface area contributed by atoms with Crippen LogP contribution in [0.2, 0.25) is 0 Å². The molecule has 3 heterocycles. The first-order valence-corrected chi connectivity index (χ1v) is 7.54. The van der Waals surface area contributed by atoms with Gasteiger partial charge in [-0.3, -0.25) is 0 Å². The molecule has 8 heteroatoms. The van der Waals surface area contributed by atoms with Gasteiger partial charge in [-0.25, -0.2) is 4.68 Å². The van der Waals surface area contributed by atoms with Crippen molar-refractivity contribution in [2.24, 2.45) is 0 Å². The monoisotopic (exact) mass is 301 g/mol. The van der Waals surface area contributed by atoms with E-state index in [0.717, 1.165) is 6.54 Å². The van der Waals surface area contributed by atoms with Crippen molar-refractivity contribution in [1.29, 1.82) is 0 Å². The molecule has 0 aliphatic carbocycles. The molecule has 3 rings (SSSR count). The lowest BCUT2D eigenvalue weighted by Gasteiger charge is -2.08. The highest BCUT2D eigenvalue weighted by Gasteiger charge is 2.08. The zero-order valence-corrected chi connectivity index (χ0v) is 12.3. The maximum Gasteiger partial charge on any atom is 0.257 e. The second kappa shape index (κ2) is 6.31. The quantitative estimate of drug-likeness (QED) is 0.726. The van der Waals surface area contributed by atoms with Crippen LogP contribution in [0, 0.1) is 0 Å². The maximum absolute atomic E-state index is 4.39. The van der Waals surface area contributed by atoms with Gasteiger partial charge in [0.15, 0.2) is 0 Å². The lowest BCUT2D eigenvalue weighted by atomic mass is 10.3. The first-order valence-electron chi connectivity index (χ1n) is 6.60. The standard InChI is InChI=1S/C13H15N7S/c1-2-14-11-17-12(15-8-10-4-7-21-9-10)19-13(18-11)20-6-3-5-16-20/h3-7,9H,2,8H2,1H3,(H2,14,15,17,18,19). The molecule has 0 bridgehead atoms. The van der Waals surface area contributed by atoms with Crippen molar-refractivity contribution in [2.45, 2.75) is 13.5 Å². The van der Waals surface area contributed by atoms with E-state index in [4.69, 9.17) is 0 Å². The predicted molar refractivity (Wildman–Crippen MR) is 82.8 cm³/mol. The van der Waals surface area contributed by atoms with Gasteiger partial charge in [-0.05, 0) is 35.4 Å². The molecule has 3 aromatic rings. The van der Waals surface area contributed by atoms with Gasteiger partial charge in [0.25, 0.3) is 5.95 Å². The summed E-state index contributed by atoms with van der Waals surface area (Å²) in [5, 5.41) is 14.6. The fraction of sp³-hybridized carbons (Fsp3) is 0.231. The molecule has 0 radical (unpaired) electrons. The molecule has 0 spiro atoms. The van der Waals surface area contributed by atoms with Crippen molar-refractivity contribution >= 4 is 23.2 Å². The maximum atomic E-state index is 4.39. The number of hydrogen-bond donors (Lipinski definition) is 2. The van der Waals surface area contributed by atoms with Gasteiger partial charge in [0.1, 0.15) is 0 Å². The predicted octanol–water partition coefficient (Wildman–Crippen LogP) is 2.16. The summed E-state index contributed by atoms with van der Waals surface area (Å²) in [4.78, 5) is 13.1. The largest absolute Gasteiger partial charge is 0.354 e. The number of thiophene rings is 1. The molecule has 0 unspecified atom stereocenters. The second-order valence-corrected chi connectivity index (χ2v) is 5.03. The van der Waals surface area contributed by atoms with Crippen molar-refractivity contribution < 1.29 is 0 Å². The normalized spacial score (nSPS) is 10.5. The Morgan fingerprint density at radius 3 is 2.71 bits per heavy atom. The Bertz CT molecular complexity index is 679. The van der Waals surface area contributed by atoms with Crippen LogP contribution in [0.3, 0.4) is 0 Å². The Balaban J connectivity index is 1.84. The van der Waals surface area contributed by atoms with Crippen LogP contribution in [-0.2, 0) is 6.54 Å². The van der Waals surface area contributed by atoms with Gasteiger partial charge in [-0.1, -0.05) is 0 Å². The molecule has 108 valence electrons. The summed E-state index contributed by atoms with van der Waals surface area (Å²) in [6, 6.07) is 3.90.